The highest BCUT2D eigenvalue weighted by atomic mass is 16.6. The highest BCUT2D eigenvalue weighted by molar-refractivity contribution is 5.98. The topological polar surface area (TPSA) is 67.5 Å². The molecular formula is C13H15N3O2. The van der Waals surface area contributed by atoms with Crippen LogP contribution in [0.4, 0.5) is 5.69 Å². The maximum atomic E-state index is 10.7. The van der Waals surface area contributed by atoms with Crippen LogP contribution in [0.1, 0.15) is 25.8 Å². The van der Waals surface area contributed by atoms with Crippen LogP contribution >= 0.6 is 0 Å². The van der Waals surface area contributed by atoms with E-state index in [0.29, 0.717) is 6.42 Å². The Bertz CT molecular complexity index is 533. The molecule has 0 spiro atoms. The van der Waals surface area contributed by atoms with Crippen LogP contribution in [0.2, 0.25) is 0 Å². The fourth-order valence-electron chi connectivity index (χ4n) is 1.85. The van der Waals surface area contributed by atoms with Crippen molar-refractivity contribution in [3.05, 3.63) is 46.1 Å². The van der Waals surface area contributed by atoms with Gasteiger partial charge in [-0.1, -0.05) is 12.1 Å². The van der Waals surface area contributed by atoms with Crippen molar-refractivity contribution in [1.82, 2.24) is 5.32 Å². The molecule has 0 amide bonds. The van der Waals surface area contributed by atoms with Gasteiger partial charge in [0, 0.05) is 30.8 Å². The number of nitrogens with zero attached hydrogens (tertiary/aromatic N) is 2. The van der Waals surface area contributed by atoms with Gasteiger partial charge in [-0.3, -0.25) is 15.1 Å². The van der Waals surface area contributed by atoms with E-state index in [4.69, 9.17) is 0 Å². The number of hydrogen-bond donors (Lipinski definition) is 1. The molecule has 0 saturated heterocycles. The van der Waals surface area contributed by atoms with Crippen molar-refractivity contribution in [2.45, 2.75) is 26.3 Å². The number of benzene rings is 1. The largest absolute Gasteiger partial charge is 0.350 e. The van der Waals surface area contributed by atoms with Crippen LogP contribution in [0, 0.1) is 10.1 Å². The molecule has 0 unspecified atom stereocenters. The second-order valence-electron chi connectivity index (χ2n) is 4.47. The van der Waals surface area contributed by atoms with Crippen LogP contribution in [0.5, 0.6) is 0 Å². The van der Waals surface area contributed by atoms with E-state index in [-0.39, 0.29) is 16.7 Å². The summed E-state index contributed by atoms with van der Waals surface area (Å²) >= 11 is 0. The average molecular weight is 245 g/mol. The summed E-state index contributed by atoms with van der Waals surface area (Å²) in [4.78, 5) is 14.8. The van der Waals surface area contributed by atoms with Gasteiger partial charge in [0.2, 0.25) is 0 Å². The summed E-state index contributed by atoms with van der Waals surface area (Å²) in [5.74, 6) is 0.909. The van der Waals surface area contributed by atoms with Crippen LogP contribution in [0.15, 0.2) is 35.5 Å². The third kappa shape index (κ3) is 2.74. The van der Waals surface area contributed by atoms with Gasteiger partial charge in [-0.2, -0.15) is 0 Å². The maximum absolute atomic E-state index is 10.7. The molecule has 1 aromatic rings. The van der Waals surface area contributed by atoms with Gasteiger partial charge in [0.15, 0.2) is 0 Å². The van der Waals surface area contributed by atoms with Crippen molar-refractivity contribution in [3.63, 3.8) is 0 Å². The quantitative estimate of drug-likeness (QED) is 0.657. The highest BCUT2D eigenvalue weighted by Gasteiger charge is 2.15. The van der Waals surface area contributed by atoms with Gasteiger partial charge in [-0.05, 0) is 25.0 Å². The maximum Gasteiger partial charge on any atom is 0.270 e. The Hall–Kier alpha value is -2.17. The Balaban J connectivity index is 2.19. The number of nitro groups is 1. The molecule has 0 saturated carbocycles. The second kappa shape index (κ2) is 5.00. The predicted molar refractivity (Wildman–Crippen MR) is 71.4 cm³/mol. The molecule has 94 valence electrons. The van der Waals surface area contributed by atoms with Crippen molar-refractivity contribution in [1.29, 1.82) is 0 Å². The minimum absolute atomic E-state index is 0.114. The minimum Gasteiger partial charge on any atom is -0.350 e. The highest BCUT2D eigenvalue weighted by Crippen LogP contribution is 2.25. The lowest BCUT2D eigenvalue weighted by Gasteiger charge is -2.02. The number of aliphatic imine (C=N–C) groups is 1. The van der Waals surface area contributed by atoms with Crippen LogP contribution in [0.3, 0.4) is 0 Å². The molecule has 0 aromatic heterocycles. The van der Waals surface area contributed by atoms with E-state index in [2.05, 4.69) is 10.3 Å². The molecule has 1 N–H and O–H groups in total. The molecule has 5 heteroatoms. The molecule has 0 aliphatic carbocycles. The lowest BCUT2D eigenvalue weighted by atomic mass is 10.0. The van der Waals surface area contributed by atoms with E-state index < -0.39 is 0 Å². The monoisotopic (exact) mass is 245 g/mol. The molecule has 1 heterocycles. The van der Waals surface area contributed by atoms with E-state index in [1.807, 2.05) is 26.1 Å². The van der Waals surface area contributed by atoms with Gasteiger partial charge in [-0.25, -0.2) is 0 Å². The van der Waals surface area contributed by atoms with E-state index in [1.54, 1.807) is 12.1 Å². The minimum atomic E-state index is -0.379. The Morgan fingerprint density at radius 2 is 2.22 bits per heavy atom. The first-order valence-electron chi connectivity index (χ1n) is 5.83. The van der Waals surface area contributed by atoms with Gasteiger partial charge in [0.25, 0.3) is 5.69 Å². The van der Waals surface area contributed by atoms with Gasteiger partial charge < -0.3 is 5.32 Å². The predicted octanol–water partition coefficient (Wildman–Crippen LogP) is 2.74. The first-order chi connectivity index (χ1) is 8.56. The standard InChI is InChI=1S/C13H15N3O2/c1-9(2)15-13-7-11(8-14-13)10-4-3-5-12(6-10)16(17)18/h3-6,8-9H,7H2,1-2H3,(H,14,15). The number of hydrogen-bond acceptors (Lipinski definition) is 3. The molecule has 5 nitrogen and oxygen atoms in total. The average Bonchev–Trinajstić information content (AvgIpc) is 2.77. The summed E-state index contributed by atoms with van der Waals surface area (Å²) in [5, 5.41) is 13.8. The van der Waals surface area contributed by atoms with E-state index in [1.165, 1.54) is 6.07 Å². The number of rotatable bonds is 3. The summed E-state index contributed by atoms with van der Waals surface area (Å²) in [6, 6.07) is 6.90. The zero-order valence-corrected chi connectivity index (χ0v) is 10.4. The molecule has 0 radical (unpaired) electrons. The third-order valence-corrected chi connectivity index (χ3v) is 2.61. The van der Waals surface area contributed by atoms with E-state index in [9.17, 15) is 10.1 Å². The molecule has 1 aliphatic heterocycles. The first kappa shape index (κ1) is 12.3. The van der Waals surface area contributed by atoms with Crippen molar-refractivity contribution in [3.8, 4) is 0 Å². The van der Waals surface area contributed by atoms with Crippen molar-refractivity contribution >= 4 is 17.1 Å². The van der Waals surface area contributed by atoms with Gasteiger partial charge in [-0.15, -0.1) is 0 Å². The molecule has 2 rings (SSSR count). The molecular weight excluding hydrogens is 230 g/mol. The number of nitro benzene ring substituents is 1. The molecule has 1 aromatic carbocycles. The summed E-state index contributed by atoms with van der Waals surface area (Å²) in [5.41, 5.74) is 2.01. The molecule has 1 aliphatic rings. The fraction of sp³-hybridized carbons (Fsp3) is 0.308. The normalized spacial score (nSPS) is 16.8. The van der Waals surface area contributed by atoms with Crippen molar-refractivity contribution in [2.75, 3.05) is 0 Å². The lowest BCUT2D eigenvalue weighted by Crippen LogP contribution is -2.13. The third-order valence-electron chi connectivity index (χ3n) is 2.61. The zero-order valence-electron chi connectivity index (χ0n) is 10.4. The molecule has 0 atom stereocenters. The van der Waals surface area contributed by atoms with Crippen LogP contribution in [-0.4, -0.2) is 16.8 Å². The fourth-order valence-corrected chi connectivity index (χ4v) is 1.85. The Kier molecular flexibility index (Phi) is 3.41. The van der Waals surface area contributed by atoms with Gasteiger partial charge in [0.05, 0.1) is 4.92 Å². The van der Waals surface area contributed by atoms with Crippen LogP contribution < -0.4 is 5.32 Å². The lowest BCUT2D eigenvalue weighted by molar-refractivity contribution is -0.384. The number of nitrogens with one attached hydrogen (secondary N) is 1. The van der Waals surface area contributed by atoms with Gasteiger partial charge >= 0.3 is 0 Å². The van der Waals surface area contributed by atoms with E-state index >= 15 is 0 Å². The first-order valence-corrected chi connectivity index (χ1v) is 5.83. The van der Waals surface area contributed by atoms with Crippen molar-refractivity contribution < 1.29 is 4.92 Å². The summed E-state index contributed by atoms with van der Waals surface area (Å²) in [6.45, 7) is 4.03. The SMILES string of the molecule is CC(C)N=C1CC(c2cccc([N+](=O)[O-])c2)=CN1. The Labute approximate surface area is 105 Å². The smallest absolute Gasteiger partial charge is 0.270 e. The Morgan fingerprint density at radius 3 is 2.89 bits per heavy atom. The van der Waals surface area contributed by atoms with Crippen LogP contribution in [0.25, 0.3) is 5.57 Å². The van der Waals surface area contributed by atoms with Gasteiger partial charge in [0.1, 0.15) is 5.84 Å². The Morgan fingerprint density at radius 1 is 1.44 bits per heavy atom. The molecule has 18 heavy (non-hydrogen) atoms. The molecule has 0 fully saturated rings. The number of non-ortho nitro benzene ring substituents is 1. The zero-order chi connectivity index (χ0) is 13.1. The number of amidine groups is 1. The van der Waals surface area contributed by atoms with E-state index in [0.717, 1.165) is 17.0 Å². The van der Waals surface area contributed by atoms with Crippen molar-refractivity contribution in [2.24, 2.45) is 4.99 Å². The summed E-state index contributed by atoms with van der Waals surface area (Å²) < 4.78 is 0. The molecule has 0 bridgehead atoms. The summed E-state index contributed by atoms with van der Waals surface area (Å²) in [7, 11) is 0. The second-order valence-corrected chi connectivity index (χ2v) is 4.47. The van der Waals surface area contributed by atoms with Crippen LogP contribution in [-0.2, 0) is 0 Å². The summed E-state index contributed by atoms with van der Waals surface area (Å²) in [6.07, 6.45) is 2.56.